The molecule has 0 bridgehead atoms. The number of anilines is 1. The molecular weight excluding hydrogens is 320 g/mol. The summed E-state index contributed by atoms with van der Waals surface area (Å²) in [5.41, 5.74) is -0.00170. The average molecular weight is 340 g/mol. The fourth-order valence-electron chi connectivity index (χ4n) is 3.23. The van der Waals surface area contributed by atoms with Crippen molar-refractivity contribution in [2.24, 2.45) is 0 Å². The van der Waals surface area contributed by atoms with Gasteiger partial charge in [0.15, 0.2) is 9.84 Å². The highest BCUT2D eigenvalue weighted by molar-refractivity contribution is 7.91. The van der Waals surface area contributed by atoms with Crippen molar-refractivity contribution < 1.29 is 13.3 Å². The molecule has 1 aromatic heterocycles. The molecule has 2 saturated heterocycles. The second kappa shape index (κ2) is 6.40. The number of rotatable bonds is 3. The van der Waals surface area contributed by atoms with Gasteiger partial charge in [0, 0.05) is 38.3 Å². The van der Waals surface area contributed by atoms with Gasteiger partial charge < -0.3 is 4.90 Å². The van der Waals surface area contributed by atoms with Crippen molar-refractivity contribution >= 4 is 21.3 Å². The molecule has 0 radical (unpaired) electrons. The lowest BCUT2D eigenvalue weighted by atomic mass is 10.0. The first-order chi connectivity index (χ1) is 10.9. The predicted octanol–water partition coefficient (Wildman–Crippen LogP) is 0.689. The largest absolute Gasteiger partial charge is 0.356 e. The molecule has 0 atom stereocenters. The van der Waals surface area contributed by atoms with Crippen LogP contribution in [0.4, 0.5) is 11.5 Å². The van der Waals surface area contributed by atoms with Crippen LogP contribution in [0, 0.1) is 10.1 Å². The zero-order chi connectivity index (χ0) is 16.4. The molecule has 2 fully saturated rings. The number of nitro groups is 1. The van der Waals surface area contributed by atoms with Crippen LogP contribution in [0.15, 0.2) is 18.3 Å². The van der Waals surface area contributed by atoms with E-state index in [1.54, 1.807) is 6.07 Å². The SMILES string of the molecule is O=[N+]([O-])c1ccc(N2CCC(N3CCS(=O)(=O)CC3)CC2)nc1. The van der Waals surface area contributed by atoms with Crippen LogP contribution in [0.1, 0.15) is 12.8 Å². The normalized spacial score (nSPS) is 22.9. The minimum atomic E-state index is -2.84. The van der Waals surface area contributed by atoms with E-state index in [2.05, 4.69) is 14.8 Å². The van der Waals surface area contributed by atoms with Gasteiger partial charge in [0.1, 0.15) is 12.0 Å². The average Bonchev–Trinajstić information content (AvgIpc) is 2.55. The van der Waals surface area contributed by atoms with Gasteiger partial charge in [-0.2, -0.15) is 0 Å². The first kappa shape index (κ1) is 16.1. The molecule has 0 aromatic carbocycles. The zero-order valence-corrected chi connectivity index (χ0v) is 13.6. The van der Waals surface area contributed by atoms with Crippen LogP contribution < -0.4 is 4.90 Å². The van der Waals surface area contributed by atoms with E-state index in [4.69, 9.17) is 0 Å². The van der Waals surface area contributed by atoms with E-state index in [0.29, 0.717) is 19.1 Å². The third-order valence-corrected chi connectivity index (χ3v) is 6.24. The smallest absolute Gasteiger partial charge is 0.287 e. The highest BCUT2D eigenvalue weighted by Crippen LogP contribution is 2.23. The molecule has 126 valence electrons. The first-order valence-electron chi connectivity index (χ1n) is 7.74. The Morgan fingerprint density at radius 3 is 2.30 bits per heavy atom. The maximum absolute atomic E-state index is 11.5. The van der Waals surface area contributed by atoms with Crippen LogP contribution in [0.3, 0.4) is 0 Å². The molecule has 0 N–H and O–H groups in total. The van der Waals surface area contributed by atoms with Crippen LogP contribution in [-0.4, -0.2) is 67.0 Å². The Bertz CT molecular complexity index is 655. The summed E-state index contributed by atoms with van der Waals surface area (Å²) in [7, 11) is -2.84. The molecule has 8 nitrogen and oxygen atoms in total. The van der Waals surface area contributed by atoms with Crippen molar-refractivity contribution in [3.05, 3.63) is 28.4 Å². The van der Waals surface area contributed by atoms with Gasteiger partial charge in [0.05, 0.1) is 16.4 Å². The summed E-state index contributed by atoms with van der Waals surface area (Å²) in [5.74, 6) is 1.28. The Kier molecular flexibility index (Phi) is 4.49. The van der Waals surface area contributed by atoms with Crippen molar-refractivity contribution in [1.82, 2.24) is 9.88 Å². The Morgan fingerprint density at radius 2 is 1.78 bits per heavy atom. The fourth-order valence-corrected chi connectivity index (χ4v) is 4.45. The minimum Gasteiger partial charge on any atom is -0.356 e. The molecule has 2 aliphatic rings. The molecule has 0 aliphatic carbocycles. The second-order valence-corrected chi connectivity index (χ2v) is 8.34. The van der Waals surface area contributed by atoms with E-state index in [1.165, 1.54) is 12.3 Å². The molecule has 1 aromatic rings. The molecule has 0 spiro atoms. The number of hydrogen-bond donors (Lipinski definition) is 0. The summed E-state index contributed by atoms with van der Waals surface area (Å²) >= 11 is 0. The van der Waals surface area contributed by atoms with Crippen LogP contribution in [0.25, 0.3) is 0 Å². The number of pyridine rings is 1. The van der Waals surface area contributed by atoms with Crippen molar-refractivity contribution in [2.45, 2.75) is 18.9 Å². The van der Waals surface area contributed by atoms with Gasteiger partial charge in [-0.1, -0.05) is 0 Å². The molecule has 9 heteroatoms. The van der Waals surface area contributed by atoms with Crippen LogP contribution in [0.2, 0.25) is 0 Å². The van der Waals surface area contributed by atoms with Crippen molar-refractivity contribution in [3.8, 4) is 0 Å². The number of aromatic nitrogens is 1. The van der Waals surface area contributed by atoms with Gasteiger partial charge in [-0.05, 0) is 18.9 Å². The maximum Gasteiger partial charge on any atom is 0.287 e. The molecular formula is C14H20N4O4S. The quantitative estimate of drug-likeness (QED) is 0.590. The molecule has 3 heterocycles. The highest BCUT2D eigenvalue weighted by atomic mass is 32.2. The van der Waals surface area contributed by atoms with Crippen molar-refractivity contribution in [2.75, 3.05) is 42.6 Å². The van der Waals surface area contributed by atoms with E-state index >= 15 is 0 Å². The number of nitrogens with zero attached hydrogens (tertiary/aromatic N) is 4. The van der Waals surface area contributed by atoms with Crippen LogP contribution in [-0.2, 0) is 9.84 Å². The number of sulfone groups is 1. The molecule has 2 aliphatic heterocycles. The zero-order valence-electron chi connectivity index (χ0n) is 12.8. The lowest BCUT2D eigenvalue weighted by molar-refractivity contribution is -0.385. The van der Waals surface area contributed by atoms with Crippen LogP contribution >= 0.6 is 0 Å². The lowest BCUT2D eigenvalue weighted by Crippen LogP contribution is -2.50. The fraction of sp³-hybridized carbons (Fsp3) is 0.643. The maximum atomic E-state index is 11.5. The summed E-state index contributed by atoms with van der Waals surface area (Å²) in [4.78, 5) is 18.8. The monoisotopic (exact) mass is 340 g/mol. The summed E-state index contributed by atoms with van der Waals surface area (Å²) in [6, 6.07) is 3.58. The van der Waals surface area contributed by atoms with Gasteiger partial charge >= 0.3 is 0 Å². The molecule has 0 saturated carbocycles. The summed E-state index contributed by atoms with van der Waals surface area (Å²) in [6.07, 6.45) is 3.20. The van der Waals surface area contributed by atoms with E-state index in [-0.39, 0.29) is 17.2 Å². The summed E-state index contributed by atoms with van der Waals surface area (Å²) in [6.45, 7) is 2.92. The number of hydrogen-bond acceptors (Lipinski definition) is 7. The highest BCUT2D eigenvalue weighted by Gasteiger charge is 2.29. The van der Waals surface area contributed by atoms with Gasteiger partial charge in [0.25, 0.3) is 5.69 Å². The van der Waals surface area contributed by atoms with E-state index in [1.807, 2.05) is 0 Å². The Balaban J connectivity index is 1.55. The standard InChI is InChI=1S/C14H20N4O4S/c19-18(20)13-1-2-14(15-11-13)17-5-3-12(4-6-17)16-7-9-23(21,22)10-8-16/h1-2,11-12H,3-10H2. The Hall–Kier alpha value is -1.74. The van der Waals surface area contributed by atoms with Gasteiger partial charge in [-0.25, -0.2) is 13.4 Å². The Labute approximate surface area is 135 Å². The lowest BCUT2D eigenvalue weighted by Gasteiger charge is -2.40. The molecule has 23 heavy (non-hydrogen) atoms. The molecule has 0 unspecified atom stereocenters. The third-order valence-electron chi connectivity index (χ3n) is 4.63. The number of piperidine rings is 1. The van der Waals surface area contributed by atoms with E-state index < -0.39 is 14.8 Å². The topological polar surface area (TPSA) is 96.6 Å². The third kappa shape index (κ3) is 3.78. The molecule has 3 rings (SSSR count). The Morgan fingerprint density at radius 1 is 1.13 bits per heavy atom. The van der Waals surface area contributed by atoms with Gasteiger partial charge in [0.2, 0.25) is 0 Å². The first-order valence-corrected chi connectivity index (χ1v) is 9.57. The minimum absolute atomic E-state index is 0.00170. The van der Waals surface area contributed by atoms with Gasteiger partial charge in [-0.15, -0.1) is 0 Å². The predicted molar refractivity (Wildman–Crippen MR) is 86.4 cm³/mol. The van der Waals surface area contributed by atoms with Crippen molar-refractivity contribution in [1.29, 1.82) is 0 Å². The van der Waals surface area contributed by atoms with Crippen LogP contribution in [0.5, 0.6) is 0 Å². The summed E-state index contributed by atoms with van der Waals surface area (Å²) < 4.78 is 23.0. The van der Waals surface area contributed by atoms with Gasteiger partial charge in [-0.3, -0.25) is 15.0 Å². The van der Waals surface area contributed by atoms with E-state index in [9.17, 15) is 18.5 Å². The molecule has 0 amide bonds. The van der Waals surface area contributed by atoms with Crippen molar-refractivity contribution in [3.63, 3.8) is 0 Å². The second-order valence-electron chi connectivity index (χ2n) is 6.04. The summed E-state index contributed by atoms with van der Waals surface area (Å²) in [5, 5.41) is 10.7. The van der Waals surface area contributed by atoms with E-state index in [0.717, 1.165) is 31.7 Å².